The SMILES string of the molecule is O=C1CC2(CCCCC2)CC(=O)N1CCC1CCNC1. The fourth-order valence-corrected chi connectivity index (χ4v) is 4.21. The van der Waals surface area contributed by atoms with Crippen LogP contribution in [0.25, 0.3) is 0 Å². The first kappa shape index (κ1) is 14.1. The maximum atomic E-state index is 12.4. The lowest BCUT2D eigenvalue weighted by molar-refractivity contribution is -0.154. The van der Waals surface area contributed by atoms with Gasteiger partial charge in [-0.25, -0.2) is 0 Å². The number of nitrogens with zero attached hydrogens (tertiary/aromatic N) is 1. The summed E-state index contributed by atoms with van der Waals surface area (Å²) >= 11 is 0. The van der Waals surface area contributed by atoms with Gasteiger partial charge in [-0.3, -0.25) is 14.5 Å². The number of carbonyl (C=O) groups excluding carboxylic acids is 2. The quantitative estimate of drug-likeness (QED) is 0.804. The van der Waals surface area contributed by atoms with Gasteiger partial charge in [-0.15, -0.1) is 0 Å². The highest BCUT2D eigenvalue weighted by molar-refractivity contribution is 5.98. The van der Waals surface area contributed by atoms with Crippen LogP contribution < -0.4 is 5.32 Å². The molecule has 1 spiro atoms. The Kier molecular flexibility index (Phi) is 4.11. The molecule has 3 aliphatic rings. The Morgan fingerprint density at radius 2 is 1.80 bits per heavy atom. The summed E-state index contributed by atoms with van der Waals surface area (Å²) in [5.74, 6) is 0.823. The molecule has 20 heavy (non-hydrogen) atoms. The summed E-state index contributed by atoms with van der Waals surface area (Å²) in [6.07, 6.45) is 9.17. The van der Waals surface area contributed by atoms with E-state index in [2.05, 4.69) is 5.32 Å². The molecular formula is C16H26N2O2. The van der Waals surface area contributed by atoms with E-state index in [4.69, 9.17) is 0 Å². The molecule has 1 unspecified atom stereocenters. The summed E-state index contributed by atoms with van der Waals surface area (Å²) < 4.78 is 0. The van der Waals surface area contributed by atoms with Crippen LogP contribution in [0, 0.1) is 11.3 Å². The number of amides is 2. The highest BCUT2D eigenvalue weighted by Crippen LogP contribution is 2.45. The zero-order valence-electron chi connectivity index (χ0n) is 12.3. The summed E-state index contributed by atoms with van der Waals surface area (Å²) in [6.45, 7) is 2.76. The standard InChI is InChI=1S/C16H26N2O2/c19-14-10-16(6-2-1-3-7-16)11-15(20)18(14)9-5-13-4-8-17-12-13/h13,17H,1-12H2. The summed E-state index contributed by atoms with van der Waals surface area (Å²) in [6, 6.07) is 0. The number of likely N-dealkylation sites (tertiary alicyclic amines) is 1. The summed E-state index contributed by atoms with van der Waals surface area (Å²) in [4.78, 5) is 26.3. The third-order valence-electron chi connectivity index (χ3n) is 5.49. The number of nitrogens with one attached hydrogen (secondary N) is 1. The van der Waals surface area contributed by atoms with Crippen LogP contribution in [0.15, 0.2) is 0 Å². The molecule has 112 valence electrons. The number of hydrogen-bond donors (Lipinski definition) is 1. The van der Waals surface area contributed by atoms with Crippen molar-refractivity contribution in [2.24, 2.45) is 11.3 Å². The maximum absolute atomic E-state index is 12.4. The fraction of sp³-hybridized carbons (Fsp3) is 0.875. The molecule has 2 saturated heterocycles. The molecule has 0 bridgehead atoms. The fourth-order valence-electron chi connectivity index (χ4n) is 4.21. The van der Waals surface area contributed by atoms with Gasteiger partial charge in [0.25, 0.3) is 0 Å². The Morgan fingerprint density at radius 3 is 2.40 bits per heavy atom. The second-order valence-electron chi connectivity index (χ2n) is 7.00. The van der Waals surface area contributed by atoms with Gasteiger partial charge in [-0.05, 0) is 50.1 Å². The molecule has 4 heteroatoms. The molecule has 3 rings (SSSR count). The molecule has 3 fully saturated rings. The molecule has 0 aromatic carbocycles. The van der Waals surface area contributed by atoms with E-state index < -0.39 is 0 Å². The van der Waals surface area contributed by atoms with Crippen molar-refractivity contribution >= 4 is 11.8 Å². The van der Waals surface area contributed by atoms with Gasteiger partial charge in [0.1, 0.15) is 0 Å². The topological polar surface area (TPSA) is 49.4 Å². The predicted molar refractivity (Wildman–Crippen MR) is 77.1 cm³/mol. The van der Waals surface area contributed by atoms with E-state index in [1.807, 2.05) is 0 Å². The molecule has 2 amide bonds. The number of carbonyl (C=O) groups is 2. The van der Waals surface area contributed by atoms with Crippen LogP contribution in [0.1, 0.15) is 57.8 Å². The lowest BCUT2D eigenvalue weighted by Crippen LogP contribution is -2.49. The summed E-state index contributed by atoms with van der Waals surface area (Å²) in [7, 11) is 0. The van der Waals surface area contributed by atoms with Crippen molar-refractivity contribution in [2.45, 2.75) is 57.8 Å². The van der Waals surface area contributed by atoms with Crippen LogP contribution in [-0.2, 0) is 9.59 Å². The minimum absolute atomic E-state index is 0.0256. The van der Waals surface area contributed by atoms with E-state index in [1.54, 1.807) is 4.90 Å². The average Bonchev–Trinajstić information content (AvgIpc) is 2.91. The molecule has 4 nitrogen and oxygen atoms in total. The first-order valence-corrected chi connectivity index (χ1v) is 8.22. The van der Waals surface area contributed by atoms with E-state index in [0.717, 1.165) is 32.4 Å². The normalized spacial score (nSPS) is 30.2. The minimum Gasteiger partial charge on any atom is -0.316 e. The molecule has 0 radical (unpaired) electrons. The van der Waals surface area contributed by atoms with Crippen LogP contribution >= 0.6 is 0 Å². The number of piperidine rings is 1. The van der Waals surface area contributed by atoms with E-state index in [-0.39, 0.29) is 17.2 Å². The molecule has 0 aromatic rings. The van der Waals surface area contributed by atoms with Gasteiger partial charge >= 0.3 is 0 Å². The number of hydrogen-bond acceptors (Lipinski definition) is 3. The van der Waals surface area contributed by atoms with Crippen LogP contribution in [0.4, 0.5) is 0 Å². The molecule has 1 atom stereocenters. The van der Waals surface area contributed by atoms with Crippen molar-refractivity contribution in [1.82, 2.24) is 10.2 Å². The van der Waals surface area contributed by atoms with Crippen LogP contribution in [0.5, 0.6) is 0 Å². The van der Waals surface area contributed by atoms with E-state index in [9.17, 15) is 9.59 Å². The van der Waals surface area contributed by atoms with Crippen molar-refractivity contribution in [1.29, 1.82) is 0 Å². The van der Waals surface area contributed by atoms with Crippen LogP contribution in [0.3, 0.4) is 0 Å². The van der Waals surface area contributed by atoms with E-state index in [0.29, 0.717) is 25.3 Å². The van der Waals surface area contributed by atoms with Crippen LogP contribution in [-0.4, -0.2) is 36.3 Å². The molecule has 2 heterocycles. The third kappa shape index (κ3) is 2.90. The smallest absolute Gasteiger partial charge is 0.229 e. The van der Waals surface area contributed by atoms with Gasteiger partial charge in [-0.1, -0.05) is 19.3 Å². The second-order valence-corrected chi connectivity index (χ2v) is 7.00. The lowest BCUT2D eigenvalue weighted by atomic mass is 9.67. The van der Waals surface area contributed by atoms with Crippen molar-refractivity contribution in [2.75, 3.05) is 19.6 Å². The van der Waals surface area contributed by atoms with Crippen molar-refractivity contribution in [3.8, 4) is 0 Å². The van der Waals surface area contributed by atoms with Gasteiger partial charge in [0.15, 0.2) is 0 Å². The van der Waals surface area contributed by atoms with Crippen molar-refractivity contribution in [3.05, 3.63) is 0 Å². The molecule has 1 N–H and O–H groups in total. The van der Waals surface area contributed by atoms with Gasteiger partial charge < -0.3 is 5.32 Å². The third-order valence-corrected chi connectivity index (χ3v) is 5.49. The molecular weight excluding hydrogens is 252 g/mol. The Morgan fingerprint density at radius 1 is 1.10 bits per heavy atom. The molecule has 1 aliphatic carbocycles. The Bertz CT molecular complexity index is 362. The Hall–Kier alpha value is -0.900. The van der Waals surface area contributed by atoms with Gasteiger partial charge in [0.2, 0.25) is 11.8 Å². The largest absolute Gasteiger partial charge is 0.316 e. The Labute approximate surface area is 121 Å². The van der Waals surface area contributed by atoms with Gasteiger partial charge in [0.05, 0.1) is 0 Å². The van der Waals surface area contributed by atoms with Gasteiger partial charge in [0, 0.05) is 19.4 Å². The zero-order chi connectivity index (χ0) is 14.0. The van der Waals surface area contributed by atoms with Gasteiger partial charge in [-0.2, -0.15) is 0 Å². The maximum Gasteiger partial charge on any atom is 0.229 e. The summed E-state index contributed by atoms with van der Waals surface area (Å²) in [5, 5.41) is 3.34. The van der Waals surface area contributed by atoms with E-state index >= 15 is 0 Å². The first-order chi connectivity index (χ1) is 9.69. The highest BCUT2D eigenvalue weighted by atomic mass is 16.2. The van der Waals surface area contributed by atoms with Crippen LogP contribution in [0.2, 0.25) is 0 Å². The minimum atomic E-state index is 0.0256. The lowest BCUT2D eigenvalue weighted by Gasteiger charge is -2.42. The zero-order valence-corrected chi connectivity index (χ0v) is 12.3. The van der Waals surface area contributed by atoms with Crippen molar-refractivity contribution < 1.29 is 9.59 Å². The molecule has 2 aliphatic heterocycles. The summed E-state index contributed by atoms with van der Waals surface area (Å²) in [5.41, 5.74) is 0.0256. The number of rotatable bonds is 3. The predicted octanol–water partition coefficient (Wildman–Crippen LogP) is 2.09. The van der Waals surface area contributed by atoms with E-state index in [1.165, 1.54) is 25.7 Å². The first-order valence-electron chi connectivity index (χ1n) is 8.22. The average molecular weight is 278 g/mol. The Balaban J connectivity index is 1.57. The number of imide groups is 1. The van der Waals surface area contributed by atoms with Crippen molar-refractivity contribution in [3.63, 3.8) is 0 Å². The second kappa shape index (κ2) is 5.84. The highest BCUT2D eigenvalue weighted by Gasteiger charge is 2.43. The monoisotopic (exact) mass is 278 g/mol. The molecule has 1 saturated carbocycles. The molecule has 0 aromatic heterocycles.